The van der Waals surface area contributed by atoms with Crippen LogP contribution in [-0.2, 0) is 23.0 Å². The minimum absolute atomic E-state index is 0.110. The summed E-state index contributed by atoms with van der Waals surface area (Å²) < 4.78 is 7.18. The molecule has 2 aromatic heterocycles. The zero-order valence-electron chi connectivity index (χ0n) is 17.0. The molecule has 0 unspecified atom stereocenters. The largest absolute Gasteiger partial charge is 0.379 e. The van der Waals surface area contributed by atoms with Crippen molar-refractivity contribution in [2.24, 2.45) is 7.05 Å². The fourth-order valence-corrected chi connectivity index (χ4v) is 3.91. The zero-order chi connectivity index (χ0) is 19.4. The van der Waals surface area contributed by atoms with Crippen molar-refractivity contribution in [3.8, 4) is 0 Å². The van der Waals surface area contributed by atoms with Crippen molar-refractivity contribution in [1.29, 1.82) is 0 Å². The maximum absolute atomic E-state index is 12.2. The quantitative estimate of drug-likeness (QED) is 0.748. The number of pyridine rings is 1. The number of rotatable bonds is 7. The number of morpholine rings is 1. The Bertz CT molecular complexity index is 809. The van der Waals surface area contributed by atoms with Crippen LogP contribution in [-0.4, -0.2) is 65.0 Å². The van der Waals surface area contributed by atoms with Crippen LogP contribution in [0.2, 0.25) is 0 Å². The molecule has 7 nitrogen and oxygen atoms in total. The number of ether oxygens (including phenoxy) is 1. The average molecular weight is 374 g/mol. The molecule has 2 aromatic rings. The Morgan fingerprint density at radius 3 is 2.67 bits per heavy atom. The number of hydrogen-bond acceptors (Lipinski definition) is 5. The Kier molecular flexibility index (Phi) is 6.44. The van der Waals surface area contributed by atoms with Crippen LogP contribution in [0, 0.1) is 20.8 Å². The van der Waals surface area contributed by atoms with E-state index in [0.717, 1.165) is 68.2 Å². The Morgan fingerprint density at radius 2 is 1.93 bits per heavy atom. The Morgan fingerprint density at radius 1 is 1.19 bits per heavy atom. The van der Waals surface area contributed by atoms with Gasteiger partial charge in [0.25, 0.3) is 0 Å². The standard InChI is InChI=1S/C20H31N5O2/c1-14-17(15(2)22-20-19(14)16(3)23-24(20)4)6-7-18(26)21-8-5-9-25-10-12-27-13-11-25/h5-13H2,1-4H3,(H,21,26). The molecule has 1 saturated heterocycles. The van der Waals surface area contributed by atoms with Gasteiger partial charge in [0.2, 0.25) is 5.91 Å². The summed E-state index contributed by atoms with van der Waals surface area (Å²) in [5.74, 6) is 0.110. The van der Waals surface area contributed by atoms with Gasteiger partial charge in [-0.05, 0) is 51.3 Å². The average Bonchev–Trinajstić information content (AvgIpc) is 2.93. The number of hydrogen-bond donors (Lipinski definition) is 1. The first-order valence-corrected chi connectivity index (χ1v) is 9.83. The third-order valence-corrected chi connectivity index (χ3v) is 5.41. The van der Waals surface area contributed by atoms with E-state index in [1.54, 1.807) is 0 Å². The third kappa shape index (κ3) is 4.65. The predicted octanol–water partition coefficient (Wildman–Crippen LogP) is 1.66. The monoisotopic (exact) mass is 373 g/mol. The lowest BCUT2D eigenvalue weighted by atomic mass is 9.99. The molecule has 1 N–H and O–H groups in total. The van der Waals surface area contributed by atoms with Crippen LogP contribution in [0.15, 0.2) is 0 Å². The van der Waals surface area contributed by atoms with Crippen LogP contribution < -0.4 is 5.32 Å². The van der Waals surface area contributed by atoms with Gasteiger partial charge in [-0.3, -0.25) is 14.4 Å². The molecule has 0 aromatic carbocycles. The highest BCUT2D eigenvalue weighted by Gasteiger charge is 2.16. The number of aromatic nitrogens is 3. The van der Waals surface area contributed by atoms with Gasteiger partial charge >= 0.3 is 0 Å². The molecule has 148 valence electrons. The molecule has 3 rings (SSSR count). The van der Waals surface area contributed by atoms with Crippen molar-refractivity contribution < 1.29 is 9.53 Å². The number of nitrogens with one attached hydrogen (secondary N) is 1. The van der Waals surface area contributed by atoms with Gasteiger partial charge in [0, 0.05) is 44.2 Å². The summed E-state index contributed by atoms with van der Waals surface area (Å²) in [7, 11) is 1.92. The van der Waals surface area contributed by atoms with Crippen molar-refractivity contribution in [3.05, 3.63) is 22.5 Å². The first-order valence-electron chi connectivity index (χ1n) is 9.83. The summed E-state index contributed by atoms with van der Waals surface area (Å²) in [5, 5.41) is 8.65. The molecule has 0 aliphatic carbocycles. The van der Waals surface area contributed by atoms with Crippen molar-refractivity contribution in [3.63, 3.8) is 0 Å². The molecular formula is C20H31N5O2. The second-order valence-electron chi connectivity index (χ2n) is 7.37. The van der Waals surface area contributed by atoms with Crippen LogP contribution in [0.5, 0.6) is 0 Å². The van der Waals surface area contributed by atoms with Crippen LogP contribution in [0.3, 0.4) is 0 Å². The lowest BCUT2D eigenvalue weighted by molar-refractivity contribution is -0.121. The molecule has 27 heavy (non-hydrogen) atoms. The van der Waals surface area contributed by atoms with Crippen molar-refractivity contribution >= 4 is 16.9 Å². The van der Waals surface area contributed by atoms with Gasteiger partial charge in [-0.25, -0.2) is 4.98 Å². The van der Waals surface area contributed by atoms with Gasteiger partial charge in [0.1, 0.15) is 0 Å². The molecule has 1 fully saturated rings. The van der Waals surface area contributed by atoms with E-state index in [4.69, 9.17) is 9.72 Å². The van der Waals surface area contributed by atoms with E-state index >= 15 is 0 Å². The van der Waals surface area contributed by atoms with Gasteiger partial charge in [-0.15, -0.1) is 0 Å². The van der Waals surface area contributed by atoms with Gasteiger partial charge in [-0.2, -0.15) is 5.10 Å². The maximum Gasteiger partial charge on any atom is 0.220 e. The fraction of sp³-hybridized carbons (Fsp3) is 0.650. The van der Waals surface area contributed by atoms with Gasteiger partial charge < -0.3 is 10.1 Å². The summed E-state index contributed by atoms with van der Waals surface area (Å²) >= 11 is 0. The predicted molar refractivity (Wildman–Crippen MR) is 106 cm³/mol. The van der Waals surface area contributed by atoms with E-state index in [1.165, 1.54) is 11.1 Å². The van der Waals surface area contributed by atoms with E-state index in [2.05, 4.69) is 22.2 Å². The molecule has 3 heterocycles. The molecule has 0 radical (unpaired) electrons. The molecule has 1 aliphatic rings. The number of carbonyl (C=O) groups excluding carboxylic acids is 1. The number of carbonyl (C=O) groups is 1. The second kappa shape index (κ2) is 8.80. The van der Waals surface area contributed by atoms with Crippen LogP contribution in [0.4, 0.5) is 0 Å². The summed E-state index contributed by atoms with van der Waals surface area (Å²) in [4.78, 5) is 19.3. The van der Waals surface area contributed by atoms with Gasteiger partial charge in [0.15, 0.2) is 5.65 Å². The Hall–Kier alpha value is -1.99. The maximum atomic E-state index is 12.2. The SMILES string of the molecule is Cc1nc2c(c(C)nn2C)c(C)c1CCC(=O)NCCCN1CCOCC1. The summed E-state index contributed by atoms with van der Waals surface area (Å²) in [6.45, 7) is 11.5. The second-order valence-corrected chi connectivity index (χ2v) is 7.37. The normalized spacial score (nSPS) is 15.4. The zero-order valence-corrected chi connectivity index (χ0v) is 17.0. The molecule has 1 amide bonds. The van der Waals surface area contributed by atoms with Gasteiger partial charge in [0.05, 0.1) is 18.9 Å². The van der Waals surface area contributed by atoms with Crippen molar-refractivity contribution in [1.82, 2.24) is 25.0 Å². The number of aryl methyl sites for hydroxylation is 4. The van der Waals surface area contributed by atoms with Crippen LogP contribution in [0.25, 0.3) is 11.0 Å². The highest BCUT2D eigenvalue weighted by Crippen LogP contribution is 2.25. The molecule has 0 bridgehead atoms. The van der Waals surface area contributed by atoms with E-state index in [-0.39, 0.29) is 5.91 Å². The molecule has 1 aliphatic heterocycles. The van der Waals surface area contributed by atoms with Gasteiger partial charge in [-0.1, -0.05) is 0 Å². The lowest BCUT2D eigenvalue weighted by Crippen LogP contribution is -2.38. The fourth-order valence-electron chi connectivity index (χ4n) is 3.91. The molecular weight excluding hydrogens is 342 g/mol. The third-order valence-electron chi connectivity index (χ3n) is 5.41. The molecule has 0 saturated carbocycles. The molecule has 0 spiro atoms. The lowest BCUT2D eigenvalue weighted by Gasteiger charge is -2.26. The van der Waals surface area contributed by atoms with E-state index in [0.29, 0.717) is 12.8 Å². The topological polar surface area (TPSA) is 72.3 Å². The minimum Gasteiger partial charge on any atom is -0.379 e. The first kappa shape index (κ1) is 19.8. The minimum atomic E-state index is 0.110. The number of fused-ring (bicyclic) bond motifs is 1. The summed E-state index contributed by atoms with van der Waals surface area (Å²) in [6.07, 6.45) is 2.18. The Balaban J connectivity index is 1.50. The summed E-state index contributed by atoms with van der Waals surface area (Å²) in [6, 6.07) is 0. The number of nitrogens with zero attached hydrogens (tertiary/aromatic N) is 4. The van der Waals surface area contributed by atoms with Crippen LogP contribution in [0.1, 0.15) is 35.4 Å². The number of amides is 1. The smallest absolute Gasteiger partial charge is 0.220 e. The summed E-state index contributed by atoms with van der Waals surface area (Å²) in [5.41, 5.74) is 5.26. The van der Waals surface area contributed by atoms with E-state index < -0.39 is 0 Å². The first-order chi connectivity index (χ1) is 13.0. The highest BCUT2D eigenvalue weighted by molar-refractivity contribution is 5.84. The van der Waals surface area contributed by atoms with Crippen LogP contribution >= 0.6 is 0 Å². The molecule has 7 heteroatoms. The molecule has 0 atom stereocenters. The van der Waals surface area contributed by atoms with Crippen molar-refractivity contribution in [2.45, 2.75) is 40.0 Å². The van der Waals surface area contributed by atoms with Crippen molar-refractivity contribution in [2.75, 3.05) is 39.4 Å². The highest BCUT2D eigenvalue weighted by atomic mass is 16.5. The Labute approximate surface area is 161 Å². The van der Waals surface area contributed by atoms with E-state index in [1.807, 2.05) is 25.6 Å². The van der Waals surface area contributed by atoms with E-state index in [9.17, 15) is 4.79 Å².